The van der Waals surface area contributed by atoms with E-state index >= 15 is 0 Å². The number of para-hydroxylation sites is 1. The highest BCUT2D eigenvalue weighted by Gasteiger charge is 2.32. The number of benzene rings is 1. The van der Waals surface area contributed by atoms with E-state index in [1.54, 1.807) is 12.1 Å². The second-order valence-corrected chi connectivity index (χ2v) is 4.49. The minimum absolute atomic E-state index is 0.0689. The molecule has 1 aliphatic heterocycles. The molecule has 0 amide bonds. The lowest BCUT2D eigenvalue weighted by atomic mass is 10.0. The molecule has 0 aliphatic carbocycles. The second kappa shape index (κ2) is 4.21. The van der Waals surface area contributed by atoms with Crippen LogP contribution in [0.5, 0.6) is 0 Å². The molecule has 2 rings (SSSR count). The monoisotopic (exact) mass is 237 g/mol. The van der Waals surface area contributed by atoms with Crippen LogP contribution in [0.1, 0.15) is 13.3 Å². The van der Waals surface area contributed by atoms with E-state index in [4.69, 9.17) is 10.5 Å². The maximum absolute atomic E-state index is 11.0. The van der Waals surface area contributed by atoms with Crippen molar-refractivity contribution >= 4 is 17.1 Å². The van der Waals surface area contributed by atoms with Gasteiger partial charge in [0.1, 0.15) is 11.4 Å². The molecule has 1 unspecified atom stereocenters. The molecular weight excluding hydrogens is 222 g/mol. The van der Waals surface area contributed by atoms with Gasteiger partial charge in [-0.3, -0.25) is 10.1 Å². The molecule has 1 saturated heterocycles. The van der Waals surface area contributed by atoms with E-state index in [0.717, 1.165) is 6.42 Å². The molecule has 6 nitrogen and oxygen atoms in total. The Labute approximate surface area is 98.9 Å². The number of nitrogens with zero attached hydrogens (tertiary/aromatic N) is 1. The van der Waals surface area contributed by atoms with E-state index in [2.05, 4.69) is 5.32 Å². The third kappa shape index (κ3) is 2.31. The van der Waals surface area contributed by atoms with Crippen LogP contribution in [0.15, 0.2) is 18.2 Å². The van der Waals surface area contributed by atoms with E-state index in [0.29, 0.717) is 18.9 Å². The Morgan fingerprint density at radius 1 is 1.59 bits per heavy atom. The molecule has 1 aromatic rings. The number of hydrogen-bond acceptors (Lipinski definition) is 5. The van der Waals surface area contributed by atoms with Gasteiger partial charge >= 0.3 is 5.69 Å². The predicted octanol–water partition coefficient (Wildman–Crippen LogP) is 1.77. The highest BCUT2D eigenvalue weighted by atomic mass is 16.6. The van der Waals surface area contributed by atoms with Gasteiger partial charge in [-0.2, -0.15) is 0 Å². The van der Waals surface area contributed by atoms with E-state index < -0.39 is 4.92 Å². The summed E-state index contributed by atoms with van der Waals surface area (Å²) in [6.07, 6.45) is 0.818. The first kappa shape index (κ1) is 11.7. The number of nitrogens with two attached hydrogens (primary N) is 1. The fourth-order valence-corrected chi connectivity index (χ4v) is 1.96. The average Bonchev–Trinajstić information content (AvgIpc) is 2.64. The SMILES string of the molecule is CC1(Nc2cccc(N)c2[N+](=O)[O-])CCOC1. The molecule has 1 fully saturated rings. The molecule has 1 atom stereocenters. The molecule has 1 aliphatic rings. The summed E-state index contributed by atoms with van der Waals surface area (Å²) >= 11 is 0. The molecule has 17 heavy (non-hydrogen) atoms. The Balaban J connectivity index is 2.32. The summed E-state index contributed by atoms with van der Waals surface area (Å²) in [7, 11) is 0. The van der Waals surface area contributed by atoms with Gasteiger partial charge in [0.2, 0.25) is 0 Å². The molecule has 1 heterocycles. The van der Waals surface area contributed by atoms with Gasteiger partial charge in [-0.15, -0.1) is 0 Å². The van der Waals surface area contributed by atoms with E-state index in [1.807, 2.05) is 6.92 Å². The van der Waals surface area contributed by atoms with Crippen molar-refractivity contribution in [2.75, 3.05) is 24.3 Å². The first-order valence-electron chi connectivity index (χ1n) is 5.41. The van der Waals surface area contributed by atoms with Gasteiger partial charge in [-0.1, -0.05) is 6.07 Å². The normalized spacial score (nSPS) is 23.6. The number of nitro groups is 1. The summed E-state index contributed by atoms with van der Waals surface area (Å²) in [6.45, 7) is 3.19. The number of hydrogen-bond donors (Lipinski definition) is 2. The van der Waals surface area contributed by atoms with Crippen molar-refractivity contribution in [3.05, 3.63) is 28.3 Å². The fourth-order valence-electron chi connectivity index (χ4n) is 1.96. The highest BCUT2D eigenvalue weighted by Crippen LogP contribution is 2.34. The van der Waals surface area contributed by atoms with Crippen LogP contribution < -0.4 is 11.1 Å². The van der Waals surface area contributed by atoms with Crippen molar-refractivity contribution in [1.82, 2.24) is 0 Å². The third-order valence-electron chi connectivity index (χ3n) is 2.91. The van der Waals surface area contributed by atoms with Gasteiger partial charge in [-0.05, 0) is 25.5 Å². The molecule has 92 valence electrons. The molecule has 1 aromatic carbocycles. The van der Waals surface area contributed by atoms with Gasteiger partial charge < -0.3 is 15.8 Å². The zero-order valence-electron chi connectivity index (χ0n) is 9.60. The predicted molar refractivity (Wildman–Crippen MR) is 65.0 cm³/mol. The molecule has 6 heteroatoms. The first-order chi connectivity index (χ1) is 8.02. The maximum atomic E-state index is 11.0. The molecule has 3 N–H and O–H groups in total. The lowest BCUT2D eigenvalue weighted by molar-refractivity contribution is -0.383. The van der Waals surface area contributed by atoms with E-state index in [1.165, 1.54) is 6.07 Å². The summed E-state index contributed by atoms with van der Waals surface area (Å²) in [5.41, 5.74) is 5.91. The fraction of sp³-hybridized carbons (Fsp3) is 0.455. The molecule has 0 aromatic heterocycles. The minimum atomic E-state index is -0.461. The van der Waals surface area contributed by atoms with E-state index in [9.17, 15) is 10.1 Å². The van der Waals surface area contributed by atoms with Gasteiger partial charge in [-0.25, -0.2) is 0 Å². The molecule has 0 radical (unpaired) electrons. The Morgan fingerprint density at radius 3 is 2.94 bits per heavy atom. The van der Waals surface area contributed by atoms with E-state index in [-0.39, 0.29) is 16.9 Å². The quantitative estimate of drug-likeness (QED) is 0.475. The summed E-state index contributed by atoms with van der Waals surface area (Å²) in [5, 5.41) is 14.1. The maximum Gasteiger partial charge on any atom is 0.314 e. The molecule has 0 saturated carbocycles. The summed E-state index contributed by atoms with van der Waals surface area (Å²) < 4.78 is 5.30. The Hall–Kier alpha value is -1.82. The number of nitrogen functional groups attached to an aromatic ring is 1. The van der Waals surface area contributed by atoms with Crippen LogP contribution in [0.2, 0.25) is 0 Å². The van der Waals surface area contributed by atoms with Crippen molar-refractivity contribution < 1.29 is 9.66 Å². The van der Waals surface area contributed by atoms with Crippen LogP contribution in [0.25, 0.3) is 0 Å². The third-order valence-corrected chi connectivity index (χ3v) is 2.91. The van der Waals surface area contributed by atoms with Crippen molar-refractivity contribution in [1.29, 1.82) is 0 Å². The van der Waals surface area contributed by atoms with Gasteiger partial charge in [0.05, 0.1) is 17.1 Å². The summed E-state index contributed by atoms with van der Waals surface area (Å²) in [6, 6.07) is 4.89. The Morgan fingerprint density at radius 2 is 2.35 bits per heavy atom. The Kier molecular flexibility index (Phi) is 2.89. The zero-order chi connectivity index (χ0) is 12.5. The van der Waals surface area contributed by atoms with Crippen LogP contribution in [-0.4, -0.2) is 23.7 Å². The largest absolute Gasteiger partial charge is 0.393 e. The standard InChI is InChI=1S/C11H15N3O3/c1-11(5-6-17-7-11)13-9-4-2-3-8(12)10(9)14(15)16/h2-4,13H,5-7,12H2,1H3. The topological polar surface area (TPSA) is 90.4 Å². The molecule has 0 spiro atoms. The number of nitrogens with one attached hydrogen (secondary N) is 1. The summed E-state index contributed by atoms with van der Waals surface area (Å²) in [5.74, 6) is 0. The zero-order valence-corrected chi connectivity index (χ0v) is 9.60. The average molecular weight is 237 g/mol. The van der Waals surface area contributed by atoms with Crippen LogP contribution in [0, 0.1) is 10.1 Å². The lowest BCUT2D eigenvalue weighted by Crippen LogP contribution is -2.35. The highest BCUT2D eigenvalue weighted by molar-refractivity contribution is 5.74. The van der Waals surface area contributed by atoms with Crippen LogP contribution in [0.3, 0.4) is 0 Å². The molecular formula is C11H15N3O3. The Bertz CT molecular complexity index is 442. The number of rotatable bonds is 3. The summed E-state index contributed by atoms with van der Waals surface area (Å²) in [4.78, 5) is 10.5. The van der Waals surface area contributed by atoms with Gasteiger partial charge in [0, 0.05) is 6.61 Å². The minimum Gasteiger partial charge on any atom is -0.393 e. The van der Waals surface area contributed by atoms with Crippen LogP contribution >= 0.6 is 0 Å². The van der Waals surface area contributed by atoms with Crippen LogP contribution in [0.4, 0.5) is 17.1 Å². The van der Waals surface area contributed by atoms with Crippen molar-refractivity contribution in [2.45, 2.75) is 18.9 Å². The van der Waals surface area contributed by atoms with Gasteiger partial charge in [0.25, 0.3) is 0 Å². The first-order valence-corrected chi connectivity index (χ1v) is 5.41. The molecule has 0 bridgehead atoms. The number of nitro benzene ring substituents is 1. The van der Waals surface area contributed by atoms with Gasteiger partial charge in [0.15, 0.2) is 0 Å². The lowest BCUT2D eigenvalue weighted by Gasteiger charge is -2.24. The van der Waals surface area contributed by atoms with Crippen LogP contribution in [-0.2, 0) is 4.74 Å². The van der Waals surface area contributed by atoms with Crippen molar-refractivity contribution in [2.24, 2.45) is 0 Å². The second-order valence-electron chi connectivity index (χ2n) is 4.49. The smallest absolute Gasteiger partial charge is 0.314 e. The van der Waals surface area contributed by atoms with Crippen molar-refractivity contribution in [3.63, 3.8) is 0 Å². The number of anilines is 2. The van der Waals surface area contributed by atoms with Crippen molar-refractivity contribution in [3.8, 4) is 0 Å². The number of ether oxygens (including phenoxy) is 1.